The highest BCUT2D eigenvalue weighted by atomic mass is 16.3. The van der Waals surface area contributed by atoms with Crippen molar-refractivity contribution in [2.75, 3.05) is 18.0 Å². The van der Waals surface area contributed by atoms with Crippen LogP contribution in [-0.2, 0) is 6.42 Å². The van der Waals surface area contributed by atoms with Crippen LogP contribution in [0.2, 0.25) is 0 Å². The van der Waals surface area contributed by atoms with Crippen LogP contribution in [0, 0.1) is 5.92 Å². The Hall–Kier alpha value is -1.13. The van der Waals surface area contributed by atoms with Gasteiger partial charge in [-0.15, -0.1) is 0 Å². The van der Waals surface area contributed by atoms with E-state index in [-0.39, 0.29) is 12.1 Å². The average molecular weight is 247 g/mol. The van der Waals surface area contributed by atoms with Crippen LogP contribution in [0.1, 0.15) is 37.1 Å². The summed E-state index contributed by atoms with van der Waals surface area (Å²) in [5, 5.41) is 9.90. The summed E-state index contributed by atoms with van der Waals surface area (Å²) in [6, 6.07) is 2.32. The molecule has 4 nitrogen and oxygen atoms in total. The van der Waals surface area contributed by atoms with E-state index in [1.165, 1.54) is 11.3 Å². The van der Waals surface area contributed by atoms with E-state index in [0.717, 1.165) is 38.0 Å². The maximum Gasteiger partial charge on any atom is 0.0966 e. The maximum absolute atomic E-state index is 9.90. The Balaban J connectivity index is 1.93. The summed E-state index contributed by atoms with van der Waals surface area (Å²) >= 11 is 0. The van der Waals surface area contributed by atoms with Gasteiger partial charge in [-0.1, -0.05) is 6.92 Å². The van der Waals surface area contributed by atoms with Crippen molar-refractivity contribution in [1.82, 2.24) is 4.98 Å². The zero-order valence-corrected chi connectivity index (χ0v) is 10.8. The van der Waals surface area contributed by atoms with Gasteiger partial charge in [-0.05, 0) is 36.8 Å². The smallest absolute Gasteiger partial charge is 0.0966 e. The Kier molecular flexibility index (Phi) is 2.99. The first-order chi connectivity index (χ1) is 8.65. The highest BCUT2D eigenvalue weighted by molar-refractivity contribution is 5.57. The van der Waals surface area contributed by atoms with Crippen molar-refractivity contribution in [3.05, 3.63) is 23.5 Å². The van der Waals surface area contributed by atoms with Crippen LogP contribution in [-0.4, -0.2) is 29.2 Å². The third-order valence-electron chi connectivity index (χ3n) is 4.08. The molecule has 4 heteroatoms. The number of aliphatic hydroxyl groups is 1. The first-order valence-corrected chi connectivity index (χ1v) is 6.81. The zero-order valence-electron chi connectivity index (χ0n) is 10.8. The van der Waals surface area contributed by atoms with Gasteiger partial charge in [0.25, 0.3) is 0 Å². The summed E-state index contributed by atoms with van der Waals surface area (Å²) in [6.07, 6.45) is 4.27. The second kappa shape index (κ2) is 4.52. The molecule has 0 aromatic carbocycles. The Morgan fingerprint density at radius 3 is 3.06 bits per heavy atom. The predicted octanol–water partition coefficient (Wildman–Crippen LogP) is 1.23. The summed E-state index contributed by atoms with van der Waals surface area (Å²) in [4.78, 5) is 6.70. The summed E-state index contributed by atoms with van der Waals surface area (Å²) in [6.45, 7) is 4.22. The van der Waals surface area contributed by atoms with E-state index in [2.05, 4.69) is 22.9 Å². The van der Waals surface area contributed by atoms with Crippen LogP contribution in [0.4, 0.5) is 5.69 Å². The molecule has 0 radical (unpaired) electrons. The highest BCUT2D eigenvalue weighted by Crippen LogP contribution is 2.36. The van der Waals surface area contributed by atoms with E-state index in [0.29, 0.717) is 5.92 Å². The second-order valence-electron chi connectivity index (χ2n) is 5.75. The Bertz CT molecular complexity index is 439. The van der Waals surface area contributed by atoms with Crippen LogP contribution in [0.25, 0.3) is 0 Å². The number of piperidine rings is 1. The number of rotatable bonds is 1. The number of anilines is 1. The summed E-state index contributed by atoms with van der Waals surface area (Å²) in [5.41, 5.74) is 9.46. The third kappa shape index (κ3) is 1.99. The van der Waals surface area contributed by atoms with Crippen molar-refractivity contribution < 1.29 is 5.11 Å². The first-order valence-electron chi connectivity index (χ1n) is 6.81. The van der Waals surface area contributed by atoms with Crippen LogP contribution in [0.15, 0.2) is 12.3 Å². The Morgan fingerprint density at radius 1 is 1.44 bits per heavy atom. The minimum absolute atomic E-state index is 0.254. The van der Waals surface area contributed by atoms with Crippen LogP contribution < -0.4 is 10.6 Å². The van der Waals surface area contributed by atoms with Gasteiger partial charge in [0.2, 0.25) is 0 Å². The molecule has 1 aromatic rings. The number of nitrogens with two attached hydrogens (primary N) is 1. The molecule has 0 bridgehead atoms. The predicted molar refractivity (Wildman–Crippen MR) is 71.5 cm³/mol. The van der Waals surface area contributed by atoms with Gasteiger partial charge in [-0.3, -0.25) is 4.98 Å². The topological polar surface area (TPSA) is 62.4 Å². The lowest BCUT2D eigenvalue weighted by molar-refractivity contribution is 0.176. The second-order valence-corrected chi connectivity index (χ2v) is 5.75. The Morgan fingerprint density at radius 2 is 2.28 bits per heavy atom. The van der Waals surface area contributed by atoms with Gasteiger partial charge < -0.3 is 15.7 Å². The van der Waals surface area contributed by atoms with Gasteiger partial charge in [-0.2, -0.15) is 0 Å². The lowest BCUT2D eigenvalue weighted by atomic mass is 9.95. The molecule has 1 aliphatic heterocycles. The molecule has 3 N–H and O–H groups in total. The number of aromatic nitrogens is 1. The van der Waals surface area contributed by atoms with Gasteiger partial charge in [0.1, 0.15) is 0 Å². The molecule has 3 rings (SSSR count). The lowest BCUT2D eigenvalue weighted by Crippen LogP contribution is -2.46. The van der Waals surface area contributed by atoms with Gasteiger partial charge in [0.05, 0.1) is 11.8 Å². The Labute approximate surface area is 108 Å². The van der Waals surface area contributed by atoms with E-state index >= 15 is 0 Å². The maximum atomic E-state index is 9.90. The third-order valence-corrected chi connectivity index (χ3v) is 4.08. The van der Waals surface area contributed by atoms with Crippen molar-refractivity contribution in [3.63, 3.8) is 0 Å². The molecule has 0 amide bonds. The van der Waals surface area contributed by atoms with Crippen LogP contribution in [0.5, 0.6) is 0 Å². The van der Waals surface area contributed by atoms with E-state index in [1.807, 2.05) is 6.20 Å². The molecule has 2 aliphatic rings. The molecule has 1 unspecified atom stereocenters. The lowest BCUT2D eigenvalue weighted by Gasteiger charge is -2.37. The largest absolute Gasteiger partial charge is 0.387 e. The average Bonchev–Trinajstić information content (AvgIpc) is 2.70. The van der Waals surface area contributed by atoms with Gasteiger partial charge in [0.15, 0.2) is 0 Å². The molecule has 1 aromatic heterocycles. The number of aliphatic hydroxyl groups excluding tert-OH is 1. The normalized spacial score (nSPS) is 31.5. The molecule has 2 heterocycles. The fraction of sp³-hybridized carbons (Fsp3) is 0.643. The number of hydrogen-bond donors (Lipinski definition) is 2. The molecule has 0 saturated carbocycles. The molecule has 1 aliphatic carbocycles. The van der Waals surface area contributed by atoms with Crippen molar-refractivity contribution in [1.29, 1.82) is 0 Å². The molecule has 98 valence electrons. The van der Waals surface area contributed by atoms with Crippen molar-refractivity contribution in [2.24, 2.45) is 11.7 Å². The monoisotopic (exact) mass is 247 g/mol. The number of nitrogens with zero attached hydrogens (tertiary/aromatic N) is 2. The van der Waals surface area contributed by atoms with E-state index in [4.69, 9.17) is 5.73 Å². The summed E-state index contributed by atoms with van der Waals surface area (Å²) in [5.74, 6) is 0.629. The molecule has 1 fully saturated rings. The molecule has 1 saturated heterocycles. The van der Waals surface area contributed by atoms with E-state index in [1.54, 1.807) is 0 Å². The zero-order chi connectivity index (χ0) is 12.7. The van der Waals surface area contributed by atoms with Crippen molar-refractivity contribution in [3.8, 4) is 0 Å². The van der Waals surface area contributed by atoms with Gasteiger partial charge in [0, 0.05) is 31.0 Å². The quantitative estimate of drug-likeness (QED) is 0.783. The van der Waals surface area contributed by atoms with Gasteiger partial charge >= 0.3 is 0 Å². The summed E-state index contributed by atoms with van der Waals surface area (Å²) in [7, 11) is 0. The minimum atomic E-state index is -0.379. The SMILES string of the molecule is C[C@@H]1C[C@H](N)CN(c2ccnc3c2CCC3O)C1. The molecule has 18 heavy (non-hydrogen) atoms. The summed E-state index contributed by atoms with van der Waals surface area (Å²) < 4.78 is 0. The minimum Gasteiger partial charge on any atom is -0.387 e. The molecular weight excluding hydrogens is 226 g/mol. The fourth-order valence-electron chi connectivity index (χ4n) is 3.35. The van der Waals surface area contributed by atoms with Crippen LogP contribution >= 0.6 is 0 Å². The van der Waals surface area contributed by atoms with Crippen molar-refractivity contribution in [2.45, 2.75) is 38.3 Å². The van der Waals surface area contributed by atoms with Crippen molar-refractivity contribution >= 4 is 5.69 Å². The fourth-order valence-corrected chi connectivity index (χ4v) is 3.35. The highest BCUT2D eigenvalue weighted by Gasteiger charge is 2.29. The molecule has 3 atom stereocenters. The first kappa shape index (κ1) is 11.9. The van der Waals surface area contributed by atoms with Gasteiger partial charge in [-0.25, -0.2) is 0 Å². The molecular formula is C14H21N3O. The number of hydrogen-bond acceptors (Lipinski definition) is 4. The standard InChI is InChI=1S/C14H21N3O/c1-9-6-10(15)8-17(7-9)12-4-5-16-14-11(12)2-3-13(14)18/h4-5,9-10,13,18H,2-3,6-8,15H2,1H3/t9-,10+,13?/m1/s1. The number of pyridine rings is 1. The number of fused-ring (bicyclic) bond motifs is 1. The molecule has 0 spiro atoms. The van der Waals surface area contributed by atoms with E-state index < -0.39 is 0 Å². The van der Waals surface area contributed by atoms with E-state index in [9.17, 15) is 5.11 Å². The van der Waals surface area contributed by atoms with Crippen LogP contribution in [0.3, 0.4) is 0 Å².